The number of hydrogen-bond donors (Lipinski definition) is 2. The molecule has 0 spiro atoms. The molecule has 3 N–H and O–H groups in total. The Hall–Kier alpha value is -2.77. The summed E-state index contributed by atoms with van der Waals surface area (Å²) < 4.78 is 15.1. The Morgan fingerprint density at radius 3 is 2.10 bits per heavy atom. The summed E-state index contributed by atoms with van der Waals surface area (Å²) in [6.45, 7) is 1.30. The van der Waals surface area contributed by atoms with Gasteiger partial charge in [-0.1, -0.05) is 6.07 Å². The molecule has 21 heavy (non-hydrogen) atoms. The van der Waals surface area contributed by atoms with E-state index in [2.05, 4.69) is 0 Å². The van der Waals surface area contributed by atoms with Gasteiger partial charge in [0.25, 0.3) is 5.91 Å². The zero-order valence-corrected chi connectivity index (χ0v) is 11.8. The van der Waals surface area contributed by atoms with Gasteiger partial charge in [0, 0.05) is 0 Å². The lowest BCUT2D eigenvalue weighted by molar-refractivity contribution is -0.127. The summed E-state index contributed by atoms with van der Waals surface area (Å²) in [6.07, 6.45) is -1.21. The van der Waals surface area contributed by atoms with Crippen molar-refractivity contribution in [2.75, 3.05) is 14.2 Å². The van der Waals surface area contributed by atoms with E-state index in [0.29, 0.717) is 0 Å². The number of nitrogens with one attached hydrogen (secondary N) is 1. The van der Waals surface area contributed by atoms with Crippen LogP contribution in [0.4, 0.5) is 4.79 Å². The highest BCUT2D eigenvalue weighted by Crippen LogP contribution is 2.29. The second-order valence-corrected chi connectivity index (χ2v) is 3.94. The second kappa shape index (κ2) is 7.13. The van der Waals surface area contributed by atoms with Crippen molar-refractivity contribution < 1.29 is 28.6 Å². The number of carbonyl (C=O) groups is 3. The number of imide groups is 1. The van der Waals surface area contributed by atoms with E-state index in [4.69, 9.17) is 19.9 Å². The quantitative estimate of drug-likeness (QED) is 0.762. The number of esters is 1. The van der Waals surface area contributed by atoms with E-state index >= 15 is 0 Å². The minimum Gasteiger partial charge on any atom is -0.496 e. The van der Waals surface area contributed by atoms with Crippen molar-refractivity contribution in [3.63, 3.8) is 0 Å². The molecule has 1 rings (SSSR count). The normalized spacial score (nSPS) is 11.2. The molecule has 1 aromatic rings. The Morgan fingerprint density at radius 2 is 1.67 bits per heavy atom. The van der Waals surface area contributed by atoms with Crippen molar-refractivity contribution in [3.05, 3.63) is 23.8 Å². The lowest BCUT2D eigenvalue weighted by Crippen LogP contribution is -2.42. The molecule has 0 saturated heterocycles. The van der Waals surface area contributed by atoms with Gasteiger partial charge in [-0.3, -0.25) is 10.1 Å². The standard InChI is InChI=1S/C13H16N2O6/c1-7(11(16)15-13(14)18)21-12(17)10-8(19-2)5-4-6-9(10)20-3/h4-7H,1-3H3,(H3,14,15,16,18). The number of ether oxygens (including phenoxy) is 3. The Morgan fingerprint density at radius 1 is 1.14 bits per heavy atom. The maximum atomic E-state index is 12.1. The first-order chi connectivity index (χ1) is 9.90. The number of hydrogen-bond acceptors (Lipinski definition) is 6. The molecule has 0 radical (unpaired) electrons. The minimum absolute atomic E-state index is 0.0428. The fourth-order valence-corrected chi connectivity index (χ4v) is 1.55. The topological polar surface area (TPSA) is 117 Å². The smallest absolute Gasteiger partial charge is 0.346 e. The number of primary amides is 1. The van der Waals surface area contributed by atoms with Crippen LogP contribution >= 0.6 is 0 Å². The third-order valence-electron chi connectivity index (χ3n) is 2.53. The van der Waals surface area contributed by atoms with Crippen LogP contribution in [0.15, 0.2) is 18.2 Å². The number of methoxy groups -OCH3 is 2. The average molecular weight is 296 g/mol. The van der Waals surface area contributed by atoms with Crippen LogP contribution in [0.5, 0.6) is 11.5 Å². The summed E-state index contributed by atoms with van der Waals surface area (Å²) in [5.41, 5.74) is 4.86. The predicted molar refractivity (Wildman–Crippen MR) is 72.1 cm³/mol. The van der Waals surface area contributed by atoms with Gasteiger partial charge in [-0.2, -0.15) is 0 Å². The first-order valence-electron chi connectivity index (χ1n) is 5.93. The lowest BCUT2D eigenvalue weighted by Gasteiger charge is -2.15. The fraction of sp³-hybridized carbons (Fsp3) is 0.308. The van der Waals surface area contributed by atoms with Gasteiger partial charge in [0.2, 0.25) is 0 Å². The molecule has 0 aliphatic rings. The van der Waals surface area contributed by atoms with E-state index in [1.54, 1.807) is 18.2 Å². The third-order valence-corrected chi connectivity index (χ3v) is 2.53. The number of benzene rings is 1. The molecule has 1 aromatic carbocycles. The van der Waals surface area contributed by atoms with Crippen LogP contribution in [0.25, 0.3) is 0 Å². The Balaban J connectivity index is 2.94. The molecule has 1 atom stereocenters. The van der Waals surface area contributed by atoms with E-state index in [0.717, 1.165) is 0 Å². The van der Waals surface area contributed by atoms with E-state index in [1.807, 2.05) is 5.32 Å². The predicted octanol–water partition coefficient (Wildman–Crippen LogP) is 0.444. The van der Waals surface area contributed by atoms with Gasteiger partial charge in [0.15, 0.2) is 6.10 Å². The number of rotatable bonds is 5. The highest BCUT2D eigenvalue weighted by atomic mass is 16.6. The Bertz CT molecular complexity index is 535. The van der Waals surface area contributed by atoms with E-state index in [1.165, 1.54) is 21.1 Å². The van der Waals surface area contributed by atoms with Crippen molar-refractivity contribution in [3.8, 4) is 11.5 Å². The van der Waals surface area contributed by atoms with Crippen LogP contribution in [0.2, 0.25) is 0 Å². The van der Waals surface area contributed by atoms with Crippen LogP contribution < -0.4 is 20.5 Å². The second-order valence-electron chi connectivity index (χ2n) is 3.94. The molecule has 0 aliphatic heterocycles. The monoisotopic (exact) mass is 296 g/mol. The van der Waals surface area contributed by atoms with Crippen LogP contribution in [-0.4, -0.2) is 38.2 Å². The van der Waals surface area contributed by atoms with Crippen molar-refractivity contribution in [2.45, 2.75) is 13.0 Å². The Labute approximate surface area is 121 Å². The van der Waals surface area contributed by atoms with E-state index in [9.17, 15) is 14.4 Å². The maximum absolute atomic E-state index is 12.1. The summed E-state index contributed by atoms with van der Waals surface area (Å²) in [5, 5.41) is 1.82. The average Bonchev–Trinajstić information content (AvgIpc) is 2.45. The molecule has 0 saturated carbocycles. The van der Waals surface area contributed by atoms with Crippen molar-refractivity contribution in [2.24, 2.45) is 5.73 Å². The van der Waals surface area contributed by atoms with Gasteiger partial charge in [-0.05, 0) is 19.1 Å². The van der Waals surface area contributed by atoms with Crippen molar-refractivity contribution in [1.29, 1.82) is 0 Å². The van der Waals surface area contributed by atoms with Gasteiger partial charge in [0.05, 0.1) is 14.2 Å². The highest BCUT2D eigenvalue weighted by molar-refractivity contribution is 6.00. The van der Waals surface area contributed by atoms with Crippen molar-refractivity contribution >= 4 is 17.9 Å². The molecule has 0 aromatic heterocycles. The van der Waals surface area contributed by atoms with Crippen LogP contribution in [-0.2, 0) is 9.53 Å². The first kappa shape index (κ1) is 16.3. The van der Waals surface area contributed by atoms with Gasteiger partial charge in [-0.15, -0.1) is 0 Å². The number of nitrogens with two attached hydrogens (primary N) is 1. The molecule has 114 valence electrons. The van der Waals surface area contributed by atoms with Gasteiger partial charge < -0.3 is 19.9 Å². The summed E-state index contributed by atoms with van der Waals surface area (Å²) in [6, 6.07) is 3.70. The summed E-state index contributed by atoms with van der Waals surface area (Å²) in [7, 11) is 2.77. The molecule has 3 amide bonds. The third kappa shape index (κ3) is 4.10. The van der Waals surface area contributed by atoms with E-state index < -0.39 is 24.0 Å². The number of amides is 3. The van der Waals surface area contributed by atoms with Crippen molar-refractivity contribution in [1.82, 2.24) is 5.32 Å². The molecular formula is C13H16N2O6. The zero-order chi connectivity index (χ0) is 16.0. The van der Waals surface area contributed by atoms with Gasteiger partial charge >= 0.3 is 12.0 Å². The van der Waals surface area contributed by atoms with Crippen LogP contribution in [0, 0.1) is 0 Å². The molecular weight excluding hydrogens is 280 g/mol. The minimum atomic E-state index is -1.21. The SMILES string of the molecule is COc1cccc(OC)c1C(=O)OC(C)C(=O)NC(N)=O. The molecule has 8 heteroatoms. The molecule has 0 heterocycles. The lowest BCUT2D eigenvalue weighted by atomic mass is 10.1. The highest BCUT2D eigenvalue weighted by Gasteiger charge is 2.25. The molecule has 0 fully saturated rings. The van der Waals surface area contributed by atoms with Crippen LogP contribution in [0.1, 0.15) is 17.3 Å². The fourth-order valence-electron chi connectivity index (χ4n) is 1.55. The molecule has 0 aliphatic carbocycles. The molecule has 0 bridgehead atoms. The van der Waals surface area contributed by atoms with Gasteiger partial charge in [-0.25, -0.2) is 9.59 Å². The molecule has 1 unspecified atom stereocenters. The summed E-state index contributed by atoms with van der Waals surface area (Å²) in [4.78, 5) is 34.2. The number of urea groups is 1. The Kier molecular flexibility index (Phi) is 5.53. The summed E-state index contributed by atoms with van der Waals surface area (Å²) in [5.74, 6) is -1.18. The summed E-state index contributed by atoms with van der Waals surface area (Å²) >= 11 is 0. The van der Waals surface area contributed by atoms with Gasteiger partial charge in [0.1, 0.15) is 17.1 Å². The molecule has 8 nitrogen and oxygen atoms in total. The number of carbonyl (C=O) groups excluding carboxylic acids is 3. The van der Waals surface area contributed by atoms with E-state index in [-0.39, 0.29) is 17.1 Å². The first-order valence-corrected chi connectivity index (χ1v) is 5.93. The largest absolute Gasteiger partial charge is 0.496 e. The maximum Gasteiger partial charge on any atom is 0.346 e. The zero-order valence-electron chi connectivity index (χ0n) is 11.8. The van der Waals surface area contributed by atoms with Crippen LogP contribution in [0.3, 0.4) is 0 Å².